The Morgan fingerprint density at radius 3 is 1.07 bits per heavy atom. The Labute approximate surface area is 325 Å². The van der Waals surface area contributed by atoms with Crippen LogP contribution < -0.4 is 28.4 Å². The molecule has 0 N–H and O–H groups in total. The van der Waals surface area contributed by atoms with Gasteiger partial charge in [0.15, 0.2) is 46.1 Å². The maximum Gasteiger partial charge on any atom is 0.429 e. The molecular weight excluding hydrogens is 804 g/mol. The predicted molar refractivity (Wildman–Crippen MR) is 185 cm³/mol. The van der Waals surface area contributed by atoms with Crippen LogP contribution in [0.2, 0.25) is 0 Å². The predicted octanol–water partition coefficient (Wildman–Crippen LogP) is 12.3. The van der Waals surface area contributed by atoms with E-state index in [9.17, 15) is 52.7 Å². The molecule has 0 saturated heterocycles. The maximum absolute atomic E-state index is 14.6. The molecule has 0 bridgehead atoms. The van der Waals surface area contributed by atoms with Crippen LogP contribution in [0.25, 0.3) is 0 Å². The van der Waals surface area contributed by atoms with Crippen LogP contribution in [0, 0.1) is 52.5 Å². The van der Waals surface area contributed by atoms with E-state index in [0.29, 0.717) is 62.8 Å². The molecule has 4 rings (SSSR count). The average Bonchev–Trinajstić information content (AvgIpc) is 3.17. The van der Waals surface area contributed by atoms with Crippen molar-refractivity contribution in [2.45, 2.75) is 71.5 Å². The highest BCUT2D eigenvalue weighted by Crippen LogP contribution is 2.40. The summed E-state index contributed by atoms with van der Waals surface area (Å²) in [4.78, 5) is 0. The summed E-state index contributed by atoms with van der Waals surface area (Å²) in [5.74, 6) is -19.1. The molecule has 0 aliphatic heterocycles. The van der Waals surface area contributed by atoms with E-state index in [-0.39, 0.29) is 32.3 Å². The van der Waals surface area contributed by atoms with Crippen LogP contribution in [0.3, 0.4) is 0 Å². The fourth-order valence-corrected chi connectivity index (χ4v) is 5.54. The Morgan fingerprint density at radius 1 is 0.414 bits per heavy atom. The normalized spacial score (nSPS) is 11.9. The van der Waals surface area contributed by atoms with Crippen LogP contribution in [0.5, 0.6) is 34.5 Å². The van der Waals surface area contributed by atoms with Crippen LogP contribution in [-0.4, -0.2) is 26.4 Å². The molecule has 18 heteroatoms. The summed E-state index contributed by atoms with van der Waals surface area (Å²) in [5.41, 5.74) is -3.12. The lowest BCUT2D eigenvalue weighted by Crippen LogP contribution is -2.25. The van der Waals surface area contributed by atoms with Crippen molar-refractivity contribution < 1.29 is 81.1 Å². The van der Waals surface area contributed by atoms with Gasteiger partial charge in [0, 0.05) is 0 Å². The Kier molecular flexibility index (Phi) is 15.7. The van der Waals surface area contributed by atoms with Crippen LogP contribution in [-0.2, 0) is 12.2 Å². The molecule has 0 radical (unpaired) electrons. The molecule has 0 amide bonds. The fraction of sp³-hybridized carbons (Fsp3) is 0.400. The first-order valence-electron chi connectivity index (χ1n) is 18.0. The third kappa shape index (κ3) is 11.1. The van der Waals surface area contributed by atoms with E-state index in [1.165, 1.54) is 13.8 Å². The first-order valence-corrected chi connectivity index (χ1v) is 18.0. The third-order valence-corrected chi connectivity index (χ3v) is 8.52. The van der Waals surface area contributed by atoms with E-state index < -0.39 is 104 Å². The van der Waals surface area contributed by atoms with Crippen molar-refractivity contribution in [1.29, 1.82) is 0 Å². The fourth-order valence-electron chi connectivity index (χ4n) is 5.54. The molecule has 0 heterocycles. The summed E-state index contributed by atoms with van der Waals surface area (Å²) in [6.45, 7) is 4.60. The molecule has 0 saturated carbocycles. The molecule has 0 fully saturated rings. The Balaban J connectivity index is 1.17. The van der Waals surface area contributed by atoms with Crippen LogP contribution in [0.1, 0.15) is 70.4 Å². The molecule has 318 valence electrons. The zero-order valence-corrected chi connectivity index (χ0v) is 31.3. The monoisotopic (exact) mass is 842 g/mol. The van der Waals surface area contributed by atoms with Crippen molar-refractivity contribution in [3.8, 4) is 34.5 Å². The Hall–Kier alpha value is -5.16. The largest absolute Gasteiger partial charge is 0.491 e. The summed E-state index contributed by atoms with van der Waals surface area (Å²) in [6.07, 6.45) is -5.82. The summed E-state index contributed by atoms with van der Waals surface area (Å²) < 4.78 is 202. The Bertz CT molecular complexity index is 1870. The van der Waals surface area contributed by atoms with Gasteiger partial charge in [0.05, 0.1) is 26.4 Å². The number of halogens is 12. The lowest BCUT2D eigenvalue weighted by Gasteiger charge is -2.20. The van der Waals surface area contributed by atoms with E-state index in [2.05, 4.69) is 9.47 Å². The van der Waals surface area contributed by atoms with E-state index in [1.54, 1.807) is 0 Å². The van der Waals surface area contributed by atoms with Crippen LogP contribution in [0.4, 0.5) is 52.7 Å². The molecule has 0 aliphatic rings. The first kappa shape index (κ1) is 45.5. The number of rotatable bonds is 22. The number of unbranched alkanes of at least 4 members (excludes halogenated alkanes) is 2. The third-order valence-electron chi connectivity index (χ3n) is 8.52. The highest BCUT2D eigenvalue weighted by molar-refractivity contribution is 5.39. The molecule has 0 spiro atoms. The molecule has 4 aromatic carbocycles. The van der Waals surface area contributed by atoms with Crippen molar-refractivity contribution in [3.63, 3.8) is 0 Å². The van der Waals surface area contributed by atoms with Crippen molar-refractivity contribution in [2.75, 3.05) is 26.4 Å². The van der Waals surface area contributed by atoms with Gasteiger partial charge in [-0.2, -0.15) is 43.9 Å². The second kappa shape index (κ2) is 20.0. The highest BCUT2D eigenvalue weighted by atomic mass is 19.3. The van der Waals surface area contributed by atoms with Crippen molar-refractivity contribution >= 4 is 0 Å². The van der Waals surface area contributed by atoms with Gasteiger partial charge in [0.2, 0.25) is 34.9 Å². The van der Waals surface area contributed by atoms with Gasteiger partial charge >= 0.3 is 12.2 Å². The topological polar surface area (TPSA) is 55.4 Å². The van der Waals surface area contributed by atoms with Crippen molar-refractivity contribution in [2.24, 2.45) is 5.92 Å². The zero-order valence-electron chi connectivity index (χ0n) is 31.3. The number of hydrogen-bond donors (Lipinski definition) is 0. The van der Waals surface area contributed by atoms with Gasteiger partial charge in [0.25, 0.3) is 0 Å². The number of hydrogen-bond acceptors (Lipinski definition) is 6. The lowest BCUT2D eigenvalue weighted by molar-refractivity contribution is -0.190. The lowest BCUT2D eigenvalue weighted by atomic mass is 9.98. The molecule has 58 heavy (non-hydrogen) atoms. The van der Waals surface area contributed by atoms with E-state index in [0.717, 1.165) is 24.3 Å². The SMILES string of the molecule is CCOc1ccc(C(F)(F)Oc2ccc(OCCCCC(C)CCCCOc3ccc(OC(F)(F)c4ccc(OCC)c(F)c4F)c(F)c3F)c(F)c2F)c(F)c1F. The quantitative estimate of drug-likeness (QED) is 0.0580. The number of benzene rings is 4. The summed E-state index contributed by atoms with van der Waals surface area (Å²) in [6, 6.07) is 5.50. The van der Waals surface area contributed by atoms with E-state index in [1.807, 2.05) is 6.92 Å². The number of ether oxygens (including phenoxy) is 6. The van der Waals surface area contributed by atoms with Gasteiger partial charge in [0.1, 0.15) is 11.1 Å². The van der Waals surface area contributed by atoms with Gasteiger partial charge in [-0.05, 0) is 94.0 Å². The first-order chi connectivity index (χ1) is 27.4. The van der Waals surface area contributed by atoms with Gasteiger partial charge in [-0.1, -0.05) is 19.8 Å². The minimum atomic E-state index is -4.59. The maximum atomic E-state index is 14.6. The molecule has 0 aromatic heterocycles. The van der Waals surface area contributed by atoms with Gasteiger partial charge in [-0.25, -0.2) is 8.78 Å². The van der Waals surface area contributed by atoms with Gasteiger partial charge in [-0.15, -0.1) is 0 Å². The van der Waals surface area contributed by atoms with Crippen molar-refractivity contribution in [3.05, 3.63) is 106 Å². The molecule has 0 atom stereocenters. The van der Waals surface area contributed by atoms with Gasteiger partial charge < -0.3 is 28.4 Å². The summed E-state index contributed by atoms with van der Waals surface area (Å²) >= 11 is 0. The van der Waals surface area contributed by atoms with Gasteiger partial charge in [-0.3, -0.25) is 0 Å². The molecular formula is C40H38F12O6. The summed E-state index contributed by atoms with van der Waals surface area (Å²) in [5, 5.41) is 0. The second-order valence-corrected chi connectivity index (χ2v) is 12.8. The second-order valence-electron chi connectivity index (χ2n) is 12.8. The minimum absolute atomic E-state index is 0.0649. The smallest absolute Gasteiger partial charge is 0.429 e. The van der Waals surface area contributed by atoms with Crippen LogP contribution >= 0.6 is 0 Å². The summed E-state index contributed by atoms with van der Waals surface area (Å²) in [7, 11) is 0. The molecule has 0 unspecified atom stereocenters. The molecule has 6 nitrogen and oxygen atoms in total. The average molecular weight is 843 g/mol. The highest BCUT2D eigenvalue weighted by Gasteiger charge is 2.42. The molecule has 0 aliphatic carbocycles. The standard InChI is InChI=1S/C40H38F12O6/c1-4-53-25-14-12-23(31(41)33(25)43)39(49,50)57-29-18-16-27(35(45)37(29)47)55-20-8-6-10-22(3)11-7-9-21-56-28-17-19-30(38(48)36(28)46)58-40(51,52)24-13-15-26(54-5-2)34(44)32(24)42/h12-19,22H,4-11,20-21H2,1-3H3. The number of alkyl halides is 4. The molecule has 4 aromatic rings. The zero-order chi connectivity index (χ0) is 42.8. The Morgan fingerprint density at radius 2 is 0.707 bits per heavy atom. The van der Waals surface area contributed by atoms with E-state index >= 15 is 0 Å². The van der Waals surface area contributed by atoms with E-state index in [4.69, 9.17) is 18.9 Å². The van der Waals surface area contributed by atoms with Crippen LogP contribution in [0.15, 0.2) is 48.5 Å². The van der Waals surface area contributed by atoms with Crippen molar-refractivity contribution in [1.82, 2.24) is 0 Å². The minimum Gasteiger partial charge on any atom is -0.491 e.